The van der Waals surface area contributed by atoms with Crippen LogP contribution in [-0.4, -0.2) is 45.6 Å². The molecule has 1 heterocycles. The predicted octanol–water partition coefficient (Wildman–Crippen LogP) is 2.17. The Morgan fingerprint density at radius 1 is 1.36 bits per heavy atom. The summed E-state index contributed by atoms with van der Waals surface area (Å²) >= 11 is 0. The molecule has 0 fully saturated rings. The zero-order valence-electron chi connectivity index (χ0n) is 12.7. The molecule has 6 heteroatoms. The van der Waals surface area contributed by atoms with Crippen LogP contribution < -0.4 is 0 Å². The van der Waals surface area contributed by atoms with Gasteiger partial charge in [-0.25, -0.2) is 9.48 Å². The van der Waals surface area contributed by atoms with E-state index in [0.29, 0.717) is 19.7 Å². The number of carbonyl (C=O) groups excluding carboxylic acids is 1. The maximum absolute atomic E-state index is 12.5. The highest BCUT2D eigenvalue weighted by Gasteiger charge is 2.30. The van der Waals surface area contributed by atoms with Gasteiger partial charge in [-0.05, 0) is 19.1 Å². The van der Waals surface area contributed by atoms with Gasteiger partial charge in [-0.2, -0.15) is 0 Å². The first kappa shape index (κ1) is 15.9. The van der Waals surface area contributed by atoms with Crippen LogP contribution in [0.2, 0.25) is 0 Å². The van der Waals surface area contributed by atoms with E-state index in [1.807, 2.05) is 29.2 Å². The number of nitrogens with zero attached hydrogens (tertiary/aromatic N) is 4. The molecule has 116 valence electrons. The van der Waals surface area contributed by atoms with E-state index in [2.05, 4.69) is 23.5 Å². The van der Waals surface area contributed by atoms with Crippen LogP contribution >= 0.6 is 0 Å². The number of aromatic nitrogens is 3. The molecule has 1 aromatic heterocycles. The number of esters is 1. The van der Waals surface area contributed by atoms with Crippen LogP contribution in [0.4, 0.5) is 0 Å². The lowest BCUT2D eigenvalue weighted by Crippen LogP contribution is -2.40. The number of para-hydroxylation sites is 1. The first-order valence-electron chi connectivity index (χ1n) is 7.15. The van der Waals surface area contributed by atoms with Crippen molar-refractivity contribution in [1.29, 1.82) is 0 Å². The molecule has 2 aromatic rings. The summed E-state index contributed by atoms with van der Waals surface area (Å²) in [6.07, 6.45) is 2.76. The quantitative estimate of drug-likeness (QED) is 0.552. The predicted molar refractivity (Wildman–Crippen MR) is 85.2 cm³/mol. The summed E-state index contributed by atoms with van der Waals surface area (Å²) in [6, 6.07) is 7.50. The van der Waals surface area contributed by atoms with E-state index in [1.165, 1.54) is 0 Å². The average molecular weight is 300 g/mol. The fraction of sp³-hybridized carbons (Fsp3) is 0.312. The molecule has 0 bridgehead atoms. The van der Waals surface area contributed by atoms with Gasteiger partial charge < -0.3 is 4.74 Å². The molecule has 1 unspecified atom stereocenters. The summed E-state index contributed by atoms with van der Waals surface area (Å²) in [4.78, 5) is 14.3. The molecule has 1 aromatic carbocycles. The molecule has 2 rings (SSSR count). The van der Waals surface area contributed by atoms with E-state index in [-0.39, 0.29) is 5.97 Å². The summed E-state index contributed by atoms with van der Waals surface area (Å²) in [5, 5.41) is 8.25. The fourth-order valence-electron chi connectivity index (χ4n) is 2.29. The molecule has 0 aliphatic carbocycles. The van der Waals surface area contributed by atoms with E-state index < -0.39 is 6.17 Å². The van der Waals surface area contributed by atoms with Gasteiger partial charge in [-0.15, -0.1) is 18.3 Å². The van der Waals surface area contributed by atoms with Crippen LogP contribution in [0.25, 0.3) is 11.0 Å². The van der Waals surface area contributed by atoms with Gasteiger partial charge in [-0.1, -0.05) is 29.5 Å². The minimum Gasteiger partial charge on any atom is -0.463 e. The summed E-state index contributed by atoms with van der Waals surface area (Å²) in [7, 11) is 0. The van der Waals surface area contributed by atoms with Crippen molar-refractivity contribution >= 4 is 17.0 Å². The molecule has 0 aliphatic rings. The number of carbonyl (C=O) groups is 1. The summed E-state index contributed by atoms with van der Waals surface area (Å²) in [5.41, 5.74) is 1.51. The second-order valence-corrected chi connectivity index (χ2v) is 4.68. The van der Waals surface area contributed by atoms with Gasteiger partial charge in [0.15, 0.2) is 0 Å². The number of fused-ring (bicyclic) bond motifs is 1. The van der Waals surface area contributed by atoms with Crippen molar-refractivity contribution in [2.45, 2.75) is 13.1 Å². The van der Waals surface area contributed by atoms with E-state index in [9.17, 15) is 4.79 Å². The first-order valence-corrected chi connectivity index (χ1v) is 7.15. The maximum Gasteiger partial charge on any atom is 0.346 e. The highest BCUT2D eigenvalue weighted by molar-refractivity contribution is 5.79. The Bertz CT molecular complexity index is 655. The maximum atomic E-state index is 12.5. The molecule has 0 radical (unpaired) electrons. The van der Waals surface area contributed by atoms with Crippen molar-refractivity contribution in [3.05, 3.63) is 49.6 Å². The molecule has 22 heavy (non-hydrogen) atoms. The minimum atomic E-state index is -0.705. The SMILES string of the molecule is C=CCN(CC=C)C(C(=O)OCC)n1nnc2ccccc21. The Labute approximate surface area is 129 Å². The highest BCUT2D eigenvalue weighted by Crippen LogP contribution is 2.20. The molecule has 0 saturated carbocycles. The summed E-state index contributed by atoms with van der Waals surface area (Å²) in [6.45, 7) is 10.6. The number of ether oxygens (including phenoxy) is 1. The van der Waals surface area contributed by atoms with Crippen LogP contribution in [-0.2, 0) is 9.53 Å². The van der Waals surface area contributed by atoms with Gasteiger partial charge in [0.2, 0.25) is 6.17 Å². The third-order valence-corrected chi connectivity index (χ3v) is 3.18. The Morgan fingerprint density at radius 3 is 2.68 bits per heavy atom. The minimum absolute atomic E-state index is 0.304. The first-order chi connectivity index (χ1) is 10.7. The number of hydrogen-bond donors (Lipinski definition) is 0. The van der Waals surface area contributed by atoms with Crippen molar-refractivity contribution in [3.63, 3.8) is 0 Å². The van der Waals surface area contributed by atoms with Crippen molar-refractivity contribution in [3.8, 4) is 0 Å². The van der Waals surface area contributed by atoms with E-state index in [1.54, 1.807) is 23.8 Å². The molecular weight excluding hydrogens is 280 g/mol. The van der Waals surface area contributed by atoms with Crippen molar-refractivity contribution in [2.75, 3.05) is 19.7 Å². The standard InChI is InChI=1S/C16H20N4O2/c1-4-11-19(12-5-2)15(16(21)22-6-3)20-14-10-8-7-9-13(14)17-18-20/h4-5,7-10,15H,1-2,6,11-12H2,3H3. The Balaban J connectivity index is 2.48. The number of hydrogen-bond acceptors (Lipinski definition) is 5. The van der Waals surface area contributed by atoms with Crippen molar-refractivity contribution in [1.82, 2.24) is 19.9 Å². The van der Waals surface area contributed by atoms with Gasteiger partial charge in [0, 0.05) is 13.1 Å². The second-order valence-electron chi connectivity index (χ2n) is 4.68. The normalized spacial score (nSPS) is 12.3. The Morgan fingerprint density at radius 2 is 2.05 bits per heavy atom. The Hall–Kier alpha value is -2.47. The molecule has 6 nitrogen and oxygen atoms in total. The van der Waals surface area contributed by atoms with Crippen LogP contribution in [0.15, 0.2) is 49.6 Å². The lowest BCUT2D eigenvalue weighted by atomic mass is 10.3. The highest BCUT2D eigenvalue weighted by atomic mass is 16.5. The van der Waals surface area contributed by atoms with E-state index in [4.69, 9.17) is 4.74 Å². The molecule has 0 saturated heterocycles. The molecular formula is C16H20N4O2. The van der Waals surface area contributed by atoms with Crippen molar-refractivity contribution in [2.24, 2.45) is 0 Å². The average Bonchev–Trinajstić information content (AvgIpc) is 2.92. The smallest absolute Gasteiger partial charge is 0.346 e. The summed E-state index contributed by atoms with van der Waals surface area (Å²) < 4.78 is 6.80. The van der Waals surface area contributed by atoms with Gasteiger partial charge >= 0.3 is 5.97 Å². The monoisotopic (exact) mass is 300 g/mol. The van der Waals surface area contributed by atoms with Crippen molar-refractivity contribution < 1.29 is 9.53 Å². The van der Waals surface area contributed by atoms with Crippen LogP contribution in [0.5, 0.6) is 0 Å². The van der Waals surface area contributed by atoms with Gasteiger partial charge in [0.1, 0.15) is 5.52 Å². The van der Waals surface area contributed by atoms with Crippen LogP contribution in [0.3, 0.4) is 0 Å². The fourth-order valence-corrected chi connectivity index (χ4v) is 2.29. The zero-order valence-corrected chi connectivity index (χ0v) is 12.7. The zero-order chi connectivity index (χ0) is 15.9. The molecule has 0 spiro atoms. The van der Waals surface area contributed by atoms with Crippen LogP contribution in [0, 0.1) is 0 Å². The largest absolute Gasteiger partial charge is 0.463 e. The van der Waals surface area contributed by atoms with Gasteiger partial charge in [0.25, 0.3) is 0 Å². The summed E-state index contributed by atoms with van der Waals surface area (Å²) in [5.74, 6) is -0.373. The van der Waals surface area contributed by atoms with Crippen LogP contribution in [0.1, 0.15) is 13.1 Å². The second kappa shape index (κ2) is 7.51. The van der Waals surface area contributed by atoms with Gasteiger partial charge in [0.05, 0.1) is 12.1 Å². The lowest BCUT2D eigenvalue weighted by Gasteiger charge is -2.28. The Kier molecular flexibility index (Phi) is 5.43. The molecule has 1 atom stereocenters. The van der Waals surface area contributed by atoms with Gasteiger partial charge in [-0.3, -0.25) is 4.90 Å². The van der Waals surface area contributed by atoms with E-state index >= 15 is 0 Å². The molecule has 0 N–H and O–H groups in total. The number of rotatable bonds is 8. The topological polar surface area (TPSA) is 60.2 Å². The third-order valence-electron chi connectivity index (χ3n) is 3.18. The molecule has 0 amide bonds. The van der Waals surface area contributed by atoms with E-state index in [0.717, 1.165) is 11.0 Å². The lowest BCUT2D eigenvalue weighted by molar-refractivity contribution is -0.153. The molecule has 0 aliphatic heterocycles. The third kappa shape index (κ3) is 3.23. The number of benzene rings is 1.